The fourth-order valence-corrected chi connectivity index (χ4v) is 2.16. The Hall–Kier alpha value is -1.40. The van der Waals surface area contributed by atoms with E-state index in [1.165, 1.54) is 18.2 Å². The molecule has 0 saturated carbocycles. The van der Waals surface area contributed by atoms with Crippen LogP contribution in [0.5, 0.6) is 0 Å². The Balaban J connectivity index is 2.35. The fourth-order valence-electron chi connectivity index (χ4n) is 1.46. The van der Waals surface area contributed by atoms with Crippen molar-refractivity contribution < 1.29 is 9.90 Å². The van der Waals surface area contributed by atoms with Gasteiger partial charge < -0.3 is 5.11 Å². The van der Waals surface area contributed by atoms with Gasteiger partial charge in [0.25, 0.3) is 0 Å². The normalized spacial score (nSPS) is 10.8. The summed E-state index contributed by atoms with van der Waals surface area (Å²) in [5, 5.41) is 9.36. The number of rotatable bonds is 3. The molecule has 1 N–H and O–H groups in total. The second kappa shape index (κ2) is 6.16. The van der Waals surface area contributed by atoms with Crippen LogP contribution in [0, 0.1) is 3.57 Å². The van der Waals surface area contributed by atoms with Crippen LogP contribution in [0.3, 0.4) is 0 Å². The van der Waals surface area contributed by atoms with E-state index in [9.17, 15) is 4.79 Å². The second-order valence-electron chi connectivity index (χ2n) is 3.75. The maximum atomic E-state index is 10.9. The summed E-state index contributed by atoms with van der Waals surface area (Å²) in [6.07, 6.45) is 1.68. The van der Waals surface area contributed by atoms with E-state index in [2.05, 4.69) is 27.6 Å². The van der Waals surface area contributed by atoms with Crippen molar-refractivity contribution in [2.45, 2.75) is 0 Å². The number of aromatic carboxylic acids is 1. The van der Waals surface area contributed by atoms with E-state index in [1.807, 2.05) is 24.3 Å². The summed E-state index contributed by atoms with van der Waals surface area (Å²) in [6.45, 7) is 0. The van der Waals surface area contributed by atoms with Crippen LogP contribution in [0.1, 0.15) is 15.9 Å². The average molecular weight is 386 g/mol. The number of carboxylic acids is 1. The smallest absolute Gasteiger partial charge is 0.335 e. The van der Waals surface area contributed by atoms with Crippen LogP contribution >= 0.6 is 34.2 Å². The van der Waals surface area contributed by atoms with Gasteiger partial charge in [0.1, 0.15) is 0 Å². The molecule has 0 heterocycles. The zero-order chi connectivity index (χ0) is 13.8. The molecule has 0 saturated heterocycles. The summed E-state index contributed by atoms with van der Waals surface area (Å²) < 4.78 is 1.06. The predicted octanol–water partition coefficient (Wildman–Crippen LogP) is 4.39. The Morgan fingerprint density at radius 1 is 1.26 bits per heavy atom. The van der Waals surface area contributed by atoms with Crippen LogP contribution in [0.4, 0.5) is 5.69 Å². The first-order valence-electron chi connectivity index (χ1n) is 5.39. The van der Waals surface area contributed by atoms with Crippen LogP contribution < -0.4 is 0 Å². The lowest BCUT2D eigenvalue weighted by Gasteiger charge is -2.01. The van der Waals surface area contributed by atoms with E-state index in [0.717, 1.165) is 9.13 Å². The van der Waals surface area contributed by atoms with Crippen LogP contribution in [0.2, 0.25) is 5.02 Å². The predicted molar refractivity (Wildman–Crippen MR) is 84.8 cm³/mol. The topological polar surface area (TPSA) is 49.7 Å². The van der Waals surface area contributed by atoms with Crippen molar-refractivity contribution in [2.75, 3.05) is 0 Å². The van der Waals surface area contributed by atoms with Crippen molar-refractivity contribution in [3.8, 4) is 0 Å². The Labute approximate surface area is 129 Å². The Bertz CT molecular complexity index is 656. The molecule has 3 nitrogen and oxygen atoms in total. The molecule has 0 unspecified atom stereocenters. The molecular formula is C14H9ClINO2. The van der Waals surface area contributed by atoms with Crippen LogP contribution in [-0.2, 0) is 0 Å². The number of nitrogens with zero attached hydrogens (tertiary/aromatic N) is 1. The Morgan fingerprint density at radius 3 is 2.68 bits per heavy atom. The van der Waals surface area contributed by atoms with Crippen molar-refractivity contribution in [3.63, 3.8) is 0 Å². The summed E-state index contributed by atoms with van der Waals surface area (Å²) in [5.41, 5.74) is 1.57. The van der Waals surface area contributed by atoms with Gasteiger partial charge >= 0.3 is 5.97 Å². The fraction of sp³-hybridized carbons (Fsp3) is 0. The number of halogens is 2. The van der Waals surface area contributed by atoms with Gasteiger partial charge in [-0.2, -0.15) is 0 Å². The lowest BCUT2D eigenvalue weighted by Crippen LogP contribution is -1.95. The van der Waals surface area contributed by atoms with Gasteiger partial charge in [-0.1, -0.05) is 29.8 Å². The van der Waals surface area contributed by atoms with Crippen molar-refractivity contribution in [3.05, 3.63) is 62.2 Å². The Morgan fingerprint density at radius 2 is 2.00 bits per heavy atom. The summed E-state index contributed by atoms with van der Waals surface area (Å²) in [6, 6.07) is 12.2. The number of aliphatic imine (C=N–C) groups is 1. The maximum absolute atomic E-state index is 10.9. The van der Waals surface area contributed by atoms with Crippen molar-refractivity contribution >= 4 is 52.1 Å². The van der Waals surface area contributed by atoms with Gasteiger partial charge in [-0.25, -0.2) is 4.79 Å². The van der Waals surface area contributed by atoms with E-state index in [0.29, 0.717) is 10.7 Å². The van der Waals surface area contributed by atoms with E-state index in [-0.39, 0.29) is 5.56 Å². The van der Waals surface area contributed by atoms with E-state index in [4.69, 9.17) is 16.7 Å². The molecule has 0 aliphatic carbocycles. The summed E-state index contributed by atoms with van der Waals surface area (Å²) in [7, 11) is 0. The average Bonchev–Trinajstić information content (AvgIpc) is 2.39. The molecule has 19 heavy (non-hydrogen) atoms. The molecule has 0 bridgehead atoms. The van der Waals surface area contributed by atoms with Gasteiger partial charge in [-0.3, -0.25) is 4.99 Å². The molecule has 0 aliphatic heterocycles. The zero-order valence-electron chi connectivity index (χ0n) is 9.68. The van der Waals surface area contributed by atoms with Crippen molar-refractivity contribution in [1.29, 1.82) is 0 Å². The lowest BCUT2D eigenvalue weighted by atomic mass is 10.2. The summed E-state index contributed by atoms with van der Waals surface area (Å²) in [4.78, 5) is 15.2. The zero-order valence-corrected chi connectivity index (χ0v) is 12.6. The molecule has 0 amide bonds. The van der Waals surface area contributed by atoms with Gasteiger partial charge in [0.15, 0.2) is 0 Å². The van der Waals surface area contributed by atoms with E-state index >= 15 is 0 Å². The molecule has 0 fully saturated rings. The SMILES string of the molecule is O=C(O)c1ccc(Cl)c(N=Cc2ccccc2I)c1. The molecule has 0 spiro atoms. The van der Waals surface area contributed by atoms with Gasteiger partial charge in [-0.05, 0) is 46.9 Å². The molecular weight excluding hydrogens is 377 g/mol. The minimum absolute atomic E-state index is 0.166. The molecule has 0 atom stereocenters. The first kappa shape index (κ1) is 14.0. The van der Waals surface area contributed by atoms with Gasteiger partial charge in [-0.15, -0.1) is 0 Å². The number of carboxylic acid groups (broad SMARTS) is 1. The minimum Gasteiger partial charge on any atom is -0.478 e. The van der Waals surface area contributed by atoms with Crippen molar-refractivity contribution in [1.82, 2.24) is 0 Å². The highest BCUT2D eigenvalue weighted by atomic mass is 127. The number of hydrogen-bond donors (Lipinski definition) is 1. The van der Waals surface area contributed by atoms with Crippen molar-refractivity contribution in [2.24, 2.45) is 4.99 Å². The molecule has 96 valence electrons. The third-order valence-electron chi connectivity index (χ3n) is 2.44. The molecule has 2 rings (SSSR count). The van der Waals surface area contributed by atoms with Gasteiger partial charge in [0.2, 0.25) is 0 Å². The van der Waals surface area contributed by atoms with Crippen LogP contribution in [0.25, 0.3) is 0 Å². The molecule has 2 aromatic carbocycles. The minimum atomic E-state index is -0.998. The molecule has 0 aliphatic rings. The summed E-state index contributed by atoms with van der Waals surface area (Å²) in [5.74, 6) is -0.998. The first-order valence-corrected chi connectivity index (χ1v) is 6.85. The molecule has 5 heteroatoms. The third kappa shape index (κ3) is 3.54. The molecule has 2 aromatic rings. The second-order valence-corrected chi connectivity index (χ2v) is 5.32. The third-order valence-corrected chi connectivity index (χ3v) is 3.74. The molecule has 0 aromatic heterocycles. The Kier molecular flexibility index (Phi) is 4.55. The first-order chi connectivity index (χ1) is 9.08. The van der Waals surface area contributed by atoms with Crippen LogP contribution in [0.15, 0.2) is 47.5 Å². The number of carbonyl (C=O) groups is 1. The number of benzene rings is 2. The van der Waals surface area contributed by atoms with E-state index in [1.54, 1.807) is 6.21 Å². The summed E-state index contributed by atoms with van der Waals surface area (Å²) >= 11 is 8.21. The quantitative estimate of drug-likeness (QED) is 0.629. The molecule has 0 radical (unpaired) electrons. The monoisotopic (exact) mass is 385 g/mol. The van der Waals surface area contributed by atoms with Crippen LogP contribution in [-0.4, -0.2) is 17.3 Å². The standard InChI is InChI=1S/C14H9ClINO2/c15-11-6-5-9(14(18)19)7-13(11)17-8-10-3-1-2-4-12(10)16/h1-8H,(H,18,19). The highest BCUT2D eigenvalue weighted by molar-refractivity contribution is 14.1. The highest BCUT2D eigenvalue weighted by Crippen LogP contribution is 2.26. The van der Waals surface area contributed by atoms with Gasteiger partial charge in [0.05, 0.1) is 16.3 Å². The largest absolute Gasteiger partial charge is 0.478 e. The highest BCUT2D eigenvalue weighted by Gasteiger charge is 2.06. The lowest BCUT2D eigenvalue weighted by molar-refractivity contribution is 0.0697. The maximum Gasteiger partial charge on any atom is 0.335 e. The van der Waals surface area contributed by atoms with E-state index < -0.39 is 5.97 Å². The number of hydrogen-bond acceptors (Lipinski definition) is 2. The van der Waals surface area contributed by atoms with Gasteiger partial charge in [0, 0.05) is 15.3 Å².